The Kier molecular flexibility index (Phi) is 3.17. The fourth-order valence-corrected chi connectivity index (χ4v) is 2.20. The molecule has 0 unspecified atom stereocenters. The van der Waals surface area contributed by atoms with E-state index in [4.69, 9.17) is 5.73 Å². The van der Waals surface area contributed by atoms with Crippen LogP contribution in [0.25, 0.3) is 10.8 Å². The van der Waals surface area contributed by atoms with Gasteiger partial charge < -0.3 is 11.1 Å². The molecule has 3 aromatic rings. The number of halogens is 2. The zero-order chi connectivity index (χ0) is 15.0. The second-order valence-electron chi connectivity index (χ2n) is 4.80. The summed E-state index contributed by atoms with van der Waals surface area (Å²) in [5, 5.41) is 4.68. The van der Waals surface area contributed by atoms with E-state index in [1.807, 2.05) is 25.1 Å². The van der Waals surface area contributed by atoms with Gasteiger partial charge in [-0.25, -0.2) is 13.8 Å². The minimum absolute atomic E-state index is 0.424. The van der Waals surface area contributed by atoms with Crippen LogP contribution < -0.4 is 11.1 Å². The summed E-state index contributed by atoms with van der Waals surface area (Å²) in [5.41, 5.74) is 8.15. The number of rotatable bonds is 2. The average molecular weight is 285 g/mol. The van der Waals surface area contributed by atoms with Crippen LogP contribution in [0.4, 0.5) is 26.0 Å². The molecule has 0 fully saturated rings. The van der Waals surface area contributed by atoms with Crippen molar-refractivity contribution in [2.24, 2.45) is 0 Å². The van der Waals surface area contributed by atoms with Crippen molar-refractivity contribution in [3.05, 3.63) is 59.8 Å². The highest BCUT2D eigenvalue weighted by Crippen LogP contribution is 2.30. The van der Waals surface area contributed by atoms with Crippen LogP contribution in [-0.2, 0) is 0 Å². The molecular weight excluding hydrogens is 272 g/mol. The van der Waals surface area contributed by atoms with Gasteiger partial charge in [0.15, 0.2) is 11.6 Å². The molecule has 0 aliphatic heterocycles. The highest BCUT2D eigenvalue weighted by Gasteiger charge is 2.08. The zero-order valence-electron chi connectivity index (χ0n) is 11.3. The Bertz CT molecular complexity index is 831. The molecule has 0 saturated carbocycles. The van der Waals surface area contributed by atoms with Gasteiger partial charge in [-0.2, -0.15) is 0 Å². The van der Waals surface area contributed by atoms with Gasteiger partial charge in [0.05, 0.1) is 0 Å². The molecule has 1 heterocycles. The van der Waals surface area contributed by atoms with Crippen LogP contribution in [0.5, 0.6) is 0 Å². The van der Waals surface area contributed by atoms with Crippen LogP contribution in [0, 0.1) is 18.6 Å². The molecule has 21 heavy (non-hydrogen) atoms. The van der Waals surface area contributed by atoms with E-state index in [0.29, 0.717) is 17.2 Å². The quantitative estimate of drug-likeness (QED) is 0.695. The average Bonchev–Trinajstić information content (AvgIpc) is 2.47. The van der Waals surface area contributed by atoms with Crippen molar-refractivity contribution in [3.8, 4) is 0 Å². The molecule has 0 atom stereocenters. The molecular formula is C16H13F2N3. The second-order valence-corrected chi connectivity index (χ2v) is 4.80. The fraction of sp³-hybridized carbons (Fsp3) is 0.0625. The van der Waals surface area contributed by atoms with E-state index >= 15 is 0 Å². The van der Waals surface area contributed by atoms with Crippen LogP contribution in [0.1, 0.15) is 5.56 Å². The van der Waals surface area contributed by atoms with Crippen LogP contribution in [0.2, 0.25) is 0 Å². The Morgan fingerprint density at radius 3 is 2.57 bits per heavy atom. The van der Waals surface area contributed by atoms with E-state index in [9.17, 15) is 8.78 Å². The molecule has 0 amide bonds. The van der Waals surface area contributed by atoms with E-state index in [1.165, 1.54) is 6.07 Å². The van der Waals surface area contributed by atoms with Crippen molar-refractivity contribution in [2.45, 2.75) is 6.92 Å². The van der Waals surface area contributed by atoms with E-state index in [2.05, 4.69) is 10.3 Å². The molecule has 0 aliphatic rings. The molecule has 106 valence electrons. The van der Waals surface area contributed by atoms with Gasteiger partial charge in [0.25, 0.3) is 0 Å². The lowest BCUT2D eigenvalue weighted by molar-refractivity contribution is 0.509. The van der Waals surface area contributed by atoms with Crippen molar-refractivity contribution in [3.63, 3.8) is 0 Å². The summed E-state index contributed by atoms with van der Waals surface area (Å²) in [4.78, 5) is 4.24. The highest BCUT2D eigenvalue weighted by molar-refractivity contribution is 6.01. The Balaban J connectivity index is 2.08. The lowest BCUT2D eigenvalue weighted by atomic mass is 10.1. The normalized spacial score (nSPS) is 10.8. The van der Waals surface area contributed by atoms with Gasteiger partial charge in [0, 0.05) is 34.4 Å². The molecule has 3 nitrogen and oxygen atoms in total. The van der Waals surface area contributed by atoms with Gasteiger partial charge in [-0.3, -0.25) is 0 Å². The number of anilines is 3. The number of fused-ring (bicyclic) bond motifs is 1. The van der Waals surface area contributed by atoms with Crippen LogP contribution >= 0.6 is 0 Å². The van der Waals surface area contributed by atoms with Crippen LogP contribution in [0.15, 0.2) is 42.6 Å². The zero-order valence-corrected chi connectivity index (χ0v) is 11.3. The Morgan fingerprint density at radius 2 is 1.81 bits per heavy atom. The van der Waals surface area contributed by atoms with Gasteiger partial charge in [0.1, 0.15) is 5.82 Å². The molecule has 3 N–H and O–H groups in total. The number of nitrogens with zero attached hydrogens (tertiary/aromatic N) is 1. The molecule has 0 aliphatic carbocycles. The minimum atomic E-state index is -0.907. The first-order chi connectivity index (χ1) is 10.1. The topological polar surface area (TPSA) is 50.9 Å². The SMILES string of the molecule is Cc1ccc2c(Nc3ccc(F)c(F)c3)nccc2c1N. The standard InChI is InChI=1S/C16H13F2N3/c1-9-2-4-12-11(15(9)19)6-7-20-16(12)21-10-3-5-13(17)14(18)8-10/h2-8H,19H2,1H3,(H,20,21). The predicted octanol–water partition coefficient (Wildman–Crippen LogP) is 4.15. The highest BCUT2D eigenvalue weighted by atomic mass is 19.2. The smallest absolute Gasteiger partial charge is 0.160 e. The number of hydrogen-bond donors (Lipinski definition) is 2. The van der Waals surface area contributed by atoms with Crippen LogP contribution in [0.3, 0.4) is 0 Å². The maximum Gasteiger partial charge on any atom is 0.160 e. The van der Waals surface area contributed by atoms with Gasteiger partial charge in [0.2, 0.25) is 0 Å². The van der Waals surface area contributed by atoms with Crippen molar-refractivity contribution < 1.29 is 8.78 Å². The Morgan fingerprint density at radius 1 is 1.00 bits per heavy atom. The molecule has 0 bridgehead atoms. The van der Waals surface area contributed by atoms with E-state index < -0.39 is 11.6 Å². The van der Waals surface area contributed by atoms with Crippen molar-refractivity contribution in [2.75, 3.05) is 11.1 Å². The molecule has 3 rings (SSSR count). The number of pyridine rings is 1. The Labute approximate surface area is 120 Å². The van der Waals surface area contributed by atoms with E-state index in [1.54, 1.807) is 6.20 Å². The molecule has 0 saturated heterocycles. The predicted molar refractivity (Wildman–Crippen MR) is 80.5 cm³/mol. The first kappa shape index (κ1) is 13.3. The summed E-state index contributed by atoms with van der Waals surface area (Å²) >= 11 is 0. The molecule has 2 aromatic carbocycles. The monoisotopic (exact) mass is 285 g/mol. The third-order valence-corrected chi connectivity index (χ3v) is 3.39. The molecule has 1 aromatic heterocycles. The lowest BCUT2D eigenvalue weighted by Gasteiger charge is -2.11. The lowest BCUT2D eigenvalue weighted by Crippen LogP contribution is -1.98. The third kappa shape index (κ3) is 2.38. The number of hydrogen-bond acceptors (Lipinski definition) is 3. The number of aryl methyl sites for hydroxylation is 1. The van der Waals surface area contributed by atoms with Crippen molar-refractivity contribution >= 4 is 28.0 Å². The second kappa shape index (κ2) is 5.01. The summed E-state index contributed by atoms with van der Waals surface area (Å²) in [6, 6.07) is 9.24. The summed E-state index contributed by atoms with van der Waals surface area (Å²) < 4.78 is 26.2. The summed E-state index contributed by atoms with van der Waals surface area (Å²) in [5.74, 6) is -1.24. The Hall–Kier alpha value is -2.69. The largest absolute Gasteiger partial charge is 0.398 e. The van der Waals surface area contributed by atoms with Gasteiger partial charge in [-0.1, -0.05) is 12.1 Å². The van der Waals surface area contributed by atoms with E-state index in [0.717, 1.165) is 28.5 Å². The number of nitrogen functional groups attached to an aromatic ring is 1. The maximum atomic E-state index is 13.3. The van der Waals surface area contributed by atoms with Crippen molar-refractivity contribution in [1.82, 2.24) is 4.98 Å². The van der Waals surface area contributed by atoms with Gasteiger partial charge in [-0.05, 0) is 30.7 Å². The number of aromatic nitrogens is 1. The fourth-order valence-electron chi connectivity index (χ4n) is 2.20. The first-order valence-corrected chi connectivity index (χ1v) is 6.42. The molecule has 0 radical (unpaired) electrons. The maximum absolute atomic E-state index is 13.3. The summed E-state index contributed by atoms with van der Waals surface area (Å²) in [6.07, 6.45) is 1.63. The minimum Gasteiger partial charge on any atom is -0.398 e. The summed E-state index contributed by atoms with van der Waals surface area (Å²) in [6.45, 7) is 1.93. The van der Waals surface area contributed by atoms with Gasteiger partial charge >= 0.3 is 0 Å². The first-order valence-electron chi connectivity index (χ1n) is 6.42. The third-order valence-electron chi connectivity index (χ3n) is 3.39. The van der Waals surface area contributed by atoms with Gasteiger partial charge in [-0.15, -0.1) is 0 Å². The molecule has 5 heteroatoms. The van der Waals surface area contributed by atoms with Crippen molar-refractivity contribution in [1.29, 1.82) is 0 Å². The van der Waals surface area contributed by atoms with Crippen LogP contribution in [-0.4, -0.2) is 4.98 Å². The molecule has 0 spiro atoms. The number of benzene rings is 2. The number of nitrogens with two attached hydrogens (primary N) is 1. The number of nitrogens with one attached hydrogen (secondary N) is 1. The van der Waals surface area contributed by atoms with E-state index in [-0.39, 0.29) is 0 Å². The summed E-state index contributed by atoms with van der Waals surface area (Å²) in [7, 11) is 0.